The number of fused-ring (bicyclic) bond motifs is 1. The molecule has 1 aromatic rings. The molecule has 1 aromatic carbocycles. The average Bonchev–Trinajstić information content (AvgIpc) is 3.56. The Kier molecular flexibility index (Phi) is 8.57. The molecule has 3 saturated heterocycles. The number of carbonyl (C=O) groups excluding carboxylic acids is 3. The Hall–Kier alpha value is -3.17. The molecule has 206 valence electrons. The molecule has 1 spiro atoms. The zero-order valence-corrected chi connectivity index (χ0v) is 22.4. The number of likely N-dealkylation sites (N-methyl/N-ethyl adjacent to an activating group) is 1. The predicted octanol–water partition coefficient (Wildman–Crippen LogP) is 2.40. The highest BCUT2D eigenvalue weighted by atomic mass is 16.5. The van der Waals surface area contributed by atoms with Crippen LogP contribution in [0.1, 0.15) is 32.1 Å². The van der Waals surface area contributed by atoms with Crippen LogP contribution < -0.4 is 9.64 Å². The topological polar surface area (TPSA) is 99.6 Å². The van der Waals surface area contributed by atoms with Gasteiger partial charge in [-0.25, -0.2) is 0 Å². The van der Waals surface area contributed by atoms with E-state index in [0.717, 1.165) is 6.42 Å². The highest BCUT2D eigenvalue weighted by molar-refractivity contribution is 6.05. The maximum absolute atomic E-state index is 14.4. The number of aliphatic hydroxyl groups excluding tert-OH is 1. The second-order valence-electron chi connectivity index (χ2n) is 10.3. The molecule has 3 amide bonds. The number of aliphatic hydroxyl groups is 1. The van der Waals surface area contributed by atoms with Crippen molar-refractivity contribution >= 4 is 23.4 Å². The summed E-state index contributed by atoms with van der Waals surface area (Å²) in [7, 11) is 3.28. The fourth-order valence-electron chi connectivity index (χ4n) is 6.42. The zero-order chi connectivity index (χ0) is 27.4. The summed E-state index contributed by atoms with van der Waals surface area (Å²) in [5.41, 5.74) is -0.397. The molecule has 3 aliphatic heterocycles. The van der Waals surface area contributed by atoms with Crippen molar-refractivity contribution in [2.45, 2.75) is 49.9 Å². The van der Waals surface area contributed by atoms with Crippen molar-refractivity contribution in [3.63, 3.8) is 0 Å². The second-order valence-corrected chi connectivity index (χ2v) is 10.3. The van der Waals surface area contributed by atoms with E-state index in [9.17, 15) is 19.5 Å². The minimum atomic E-state index is -1.06. The van der Waals surface area contributed by atoms with E-state index in [1.807, 2.05) is 0 Å². The van der Waals surface area contributed by atoms with E-state index in [0.29, 0.717) is 50.2 Å². The van der Waals surface area contributed by atoms with E-state index in [4.69, 9.17) is 9.47 Å². The summed E-state index contributed by atoms with van der Waals surface area (Å²) in [6.45, 7) is 8.62. The number of benzene rings is 1. The van der Waals surface area contributed by atoms with Gasteiger partial charge in [0.2, 0.25) is 11.8 Å². The molecule has 2 bridgehead atoms. The van der Waals surface area contributed by atoms with Crippen LogP contribution in [0.4, 0.5) is 5.69 Å². The van der Waals surface area contributed by atoms with Crippen molar-refractivity contribution in [2.75, 3.05) is 45.3 Å². The van der Waals surface area contributed by atoms with E-state index < -0.39 is 29.6 Å². The van der Waals surface area contributed by atoms with Gasteiger partial charge in [0, 0.05) is 39.0 Å². The van der Waals surface area contributed by atoms with Crippen LogP contribution in [0.15, 0.2) is 49.6 Å². The van der Waals surface area contributed by atoms with Crippen LogP contribution in [-0.4, -0.2) is 90.8 Å². The van der Waals surface area contributed by atoms with Gasteiger partial charge in [-0.2, -0.15) is 0 Å². The molecule has 0 radical (unpaired) electrons. The second kappa shape index (κ2) is 11.7. The van der Waals surface area contributed by atoms with Crippen molar-refractivity contribution in [1.29, 1.82) is 0 Å². The third-order valence-electron chi connectivity index (χ3n) is 8.12. The number of anilines is 1. The number of unbranched alkanes of at least 4 members (excludes halogenated alkanes) is 2. The highest BCUT2D eigenvalue weighted by Crippen LogP contribution is 2.59. The van der Waals surface area contributed by atoms with Crippen LogP contribution in [0.25, 0.3) is 0 Å². The van der Waals surface area contributed by atoms with E-state index >= 15 is 0 Å². The molecule has 0 aromatic heterocycles. The standard InChI is InChI=1S/C29H39N3O6/c1-5-16-30(3)26(34)23-22-14-15-29(38-22)24(23)27(35)32(18-8-7-9-19-33)25(29)28(36)31(17-6-2)20-10-12-21(37-4)13-11-20/h5-6,10-13,22-25,33H,1-2,7-9,14-19H2,3-4H3/t22-,23+,24+,25?,29?/m1/s1. The fourth-order valence-corrected chi connectivity index (χ4v) is 6.42. The van der Waals surface area contributed by atoms with Gasteiger partial charge in [0.15, 0.2) is 0 Å². The Balaban J connectivity index is 1.72. The number of nitrogens with zero attached hydrogens (tertiary/aromatic N) is 3. The SMILES string of the molecule is C=CCN(C)C(=O)[C@@H]1[C@H]2C(=O)N(CCCCCO)C(C(=O)N(CC=C)c3ccc(OC)cc3)C23CC[C@H]1O3. The minimum absolute atomic E-state index is 0.0739. The lowest BCUT2D eigenvalue weighted by Crippen LogP contribution is -2.56. The summed E-state index contributed by atoms with van der Waals surface area (Å²) in [6, 6.07) is 6.33. The first-order valence-electron chi connectivity index (χ1n) is 13.4. The van der Waals surface area contributed by atoms with Gasteiger partial charge < -0.3 is 29.3 Å². The summed E-state index contributed by atoms with van der Waals surface area (Å²) in [4.78, 5) is 46.8. The Morgan fingerprint density at radius 2 is 1.87 bits per heavy atom. The van der Waals surface area contributed by atoms with Crippen LogP contribution in [0.2, 0.25) is 0 Å². The molecule has 5 atom stereocenters. The summed E-state index contributed by atoms with van der Waals surface area (Å²) in [5.74, 6) is -1.28. The van der Waals surface area contributed by atoms with Gasteiger partial charge in [0.25, 0.3) is 5.91 Å². The highest BCUT2D eigenvalue weighted by Gasteiger charge is 2.74. The van der Waals surface area contributed by atoms with E-state index in [1.165, 1.54) is 0 Å². The smallest absolute Gasteiger partial charge is 0.253 e. The van der Waals surface area contributed by atoms with Gasteiger partial charge in [-0.05, 0) is 56.4 Å². The van der Waals surface area contributed by atoms with Crippen LogP contribution >= 0.6 is 0 Å². The van der Waals surface area contributed by atoms with Crippen molar-refractivity contribution in [3.05, 3.63) is 49.6 Å². The van der Waals surface area contributed by atoms with Crippen LogP contribution in [0.3, 0.4) is 0 Å². The molecule has 38 heavy (non-hydrogen) atoms. The molecule has 3 aliphatic rings. The Bertz CT molecular complexity index is 1060. The average molecular weight is 526 g/mol. The van der Waals surface area contributed by atoms with Crippen molar-refractivity contribution in [3.8, 4) is 5.75 Å². The number of ether oxygens (including phenoxy) is 2. The normalized spacial score (nSPS) is 27.2. The number of rotatable bonds is 13. The maximum atomic E-state index is 14.4. The molecular formula is C29H39N3O6. The quantitative estimate of drug-likeness (QED) is 0.314. The maximum Gasteiger partial charge on any atom is 0.253 e. The molecule has 9 heteroatoms. The van der Waals surface area contributed by atoms with Crippen molar-refractivity contribution in [2.24, 2.45) is 11.8 Å². The Labute approximate surface area is 224 Å². The number of hydrogen-bond donors (Lipinski definition) is 1. The molecule has 0 aliphatic carbocycles. The number of hydrogen-bond acceptors (Lipinski definition) is 6. The van der Waals surface area contributed by atoms with Crippen molar-refractivity contribution in [1.82, 2.24) is 9.80 Å². The van der Waals surface area contributed by atoms with E-state index in [-0.39, 0.29) is 30.9 Å². The summed E-state index contributed by atoms with van der Waals surface area (Å²) in [5, 5.41) is 9.22. The molecule has 3 fully saturated rings. The molecule has 4 rings (SSSR count). The van der Waals surface area contributed by atoms with Gasteiger partial charge in [-0.15, -0.1) is 13.2 Å². The van der Waals surface area contributed by atoms with Gasteiger partial charge in [0.1, 0.15) is 17.4 Å². The van der Waals surface area contributed by atoms with Crippen LogP contribution in [-0.2, 0) is 19.1 Å². The first-order valence-corrected chi connectivity index (χ1v) is 13.4. The lowest BCUT2D eigenvalue weighted by Gasteiger charge is -2.37. The first kappa shape index (κ1) is 27.9. The molecular weight excluding hydrogens is 486 g/mol. The third kappa shape index (κ3) is 4.73. The summed E-state index contributed by atoms with van der Waals surface area (Å²) >= 11 is 0. The summed E-state index contributed by atoms with van der Waals surface area (Å²) in [6.07, 6.45) is 6.05. The van der Waals surface area contributed by atoms with Gasteiger partial charge in [0.05, 0.1) is 25.0 Å². The van der Waals surface area contributed by atoms with Gasteiger partial charge in [-0.3, -0.25) is 14.4 Å². The Morgan fingerprint density at radius 1 is 1.16 bits per heavy atom. The Morgan fingerprint density at radius 3 is 2.50 bits per heavy atom. The molecule has 2 unspecified atom stereocenters. The summed E-state index contributed by atoms with van der Waals surface area (Å²) < 4.78 is 11.8. The predicted molar refractivity (Wildman–Crippen MR) is 144 cm³/mol. The monoisotopic (exact) mass is 525 g/mol. The van der Waals surface area contributed by atoms with Crippen LogP contribution in [0, 0.1) is 11.8 Å². The number of likely N-dealkylation sites (tertiary alicyclic amines) is 1. The molecule has 0 saturated carbocycles. The van der Waals surface area contributed by atoms with Crippen molar-refractivity contribution < 1.29 is 29.0 Å². The lowest BCUT2D eigenvalue weighted by atomic mass is 9.70. The van der Waals surface area contributed by atoms with E-state index in [1.54, 1.807) is 65.3 Å². The van der Waals surface area contributed by atoms with Crippen LogP contribution in [0.5, 0.6) is 5.75 Å². The van der Waals surface area contributed by atoms with Gasteiger partial charge in [-0.1, -0.05) is 12.2 Å². The first-order chi connectivity index (χ1) is 18.3. The number of carbonyl (C=O) groups is 3. The molecule has 9 nitrogen and oxygen atoms in total. The third-order valence-corrected chi connectivity index (χ3v) is 8.12. The van der Waals surface area contributed by atoms with E-state index in [2.05, 4.69) is 13.2 Å². The zero-order valence-electron chi connectivity index (χ0n) is 22.4. The molecule has 1 N–H and O–H groups in total. The van der Waals surface area contributed by atoms with Gasteiger partial charge >= 0.3 is 0 Å². The molecule has 3 heterocycles. The fraction of sp³-hybridized carbons (Fsp3) is 0.552. The number of methoxy groups -OCH3 is 1. The lowest BCUT2D eigenvalue weighted by molar-refractivity contribution is -0.144. The minimum Gasteiger partial charge on any atom is -0.497 e. The number of amides is 3. The largest absolute Gasteiger partial charge is 0.497 e.